The molecule has 2 aromatic carbocycles. The van der Waals surface area contributed by atoms with Gasteiger partial charge in [-0.15, -0.1) is 0 Å². The summed E-state index contributed by atoms with van der Waals surface area (Å²) in [6.07, 6.45) is 6.55. The molecule has 1 heterocycles. The van der Waals surface area contributed by atoms with E-state index in [1.165, 1.54) is 48.5 Å². The molecule has 0 bridgehead atoms. The average molecular weight is 537 g/mol. The maximum atomic E-state index is 6.10. The Morgan fingerprint density at radius 2 is 1.58 bits per heavy atom. The SMILES string of the molecule is [Pt][C]1([SiH2]CCCP(c2ccccc2)c2ccccc2)CCCCO1. The fraction of sp³-hybridized carbons (Fsp3) is 0.400. The van der Waals surface area contributed by atoms with Crippen molar-refractivity contribution in [3.05, 3.63) is 60.7 Å². The molecular formula is C20H26OPPtSi. The van der Waals surface area contributed by atoms with Gasteiger partial charge in [0.05, 0.1) is 0 Å². The van der Waals surface area contributed by atoms with Crippen LogP contribution in [0.1, 0.15) is 25.7 Å². The second-order valence-electron chi connectivity index (χ2n) is 6.41. The van der Waals surface area contributed by atoms with Crippen molar-refractivity contribution in [3.8, 4) is 0 Å². The third kappa shape index (κ3) is 5.37. The fourth-order valence-electron chi connectivity index (χ4n) is 3.27. The molecule has 4 heteroatoms. The van der Waals surface area contributed by atoms with Gasteiger partial charge in [-0.05, 0) is 0 Å². The summed E-state index contributed by atoms with van der Waals surface area (Å²) >= 11 is 2.60. The van der Waals surface area contributed by atoms with Crippen molar-refractivity contribution in [3.63, 3.8) is 0 Å². The van der Waals surface area contributed by atoms with E-state index >= 15 is 0 Å². The predicted molar refractivity (Wildman–Crippen MR) is 104 cm³/mol. The predicted octanol–water partition coefficient (Wildman–Crippen LogP) is 3.50. The molecule has 0 saturated carbocycles. The molecule has 24 heavy (non-hydrogen) atoms. The van der Waals surface area contributed by atoms with Crippen LogP contribution in [0.5, 0.6) is 0 Å². The molecule has 0 aliphatic carbocycles. The summed E-state index contributed by atoms with van der Waals surface area (Å²) in [4.78, 5) is 0. The Morgan fingerprint density at radius 3 is 2.12 bits per heavy atom. The normalized spacial score (nSPS) is 21.6. The number of hydrogen-bond donors (Lipinski definition) is 0. The van der Waals surface area contributed by atoms with Crippen LogP contribution < -0.4 is 10.6 Å². The van der Waals surface area contributed by atoms with Crippen LogP contribution in [0.2, 0.25) is 6.04 Å². The molecule has 0 radical (unpaired) electrons. The van der Waals surface area contributed by atoms with Gasteiger partial charge in [-0.25, -0.2) is 0 Å². The van der Waals surface area contributed by atoms with Crippen LogP contribution in [0.3, 0.4) is 0 Å². The monoisotopic (exact) mass is 536 g/mol. The van der Waals surface area contributed by atoms with Crippen molar-refractivity contribution < 1.29 is 24.6 Å². The Bertz CT molecular complexity index is 562. The topological polar surface area (TPSA) is 9.23 Å². The van der Waals surface area contributed by atoms with Gasteiger partial charge in [0, 0.05) is 0 Å². The maximum absolute atomic E-state index is 6.10. The molecule has 1 aliphatic heterocycles. The molecule has 3 rings (SSSR count). The van der Waals surface area contributed by atoms with Crippen LogP contribution in [-0.2, 0) is 24.6 Å². The first-order chi connectivity index (χ1) is 11.8. The molecule has 0 N–H and O–H groups in total. The minimum atomic E-state index is -0.217. The van der Waals surface area contributed by atoms with Gasteiger partial charge in [0.1, 0.15) is 0 Å². The quantitative estimate of drug-likeness (QED) is 0.299. The molecule has 1 aliphatic rings. The molecule has 1 saturated heterocycles. The van der Waals surface area contributed by atoms with E-state index in [9.17, 15) is 0 Å². The Labute approximate surface area is 161 Å². The summed E-state index contributed by atoms with van der Waals surface area (Å²) in [5.74, 6) is 0. The van der Waals surface area contributed by atoms with Crippen molar-refractivity contribution in [2.24, 2.45) is 0 Å². The summed E-state index contributed by atoms with van der Waals surface area (Å²) in [5, 5.41) is 3.03. The van der Waals surface area contributed by atoms with Crippen LogP contribution in [0, 0.1) is 0 Å². The van der Waals surface area contributed by atoms with E-state index in [1.807, 2.05) is 0 Å². The molecule has 1 fully saturated rings. The zero-order chi connectivity index (χ0) is 16.7. The third-order valence-electron chi connectivity index (χ3n) is 4.58. The van der Waals surface area contributed by atoms with Gasteiger partial charge in [0.25, 0.3) is 0 Å². The van der Waals surface area contributed by atoms with Crippen LogP contribution in [-0.4, -0.2) is 25.9 Å². The van der Waals surface area contributed by atoms with Gasteiger partial charge in [-0.1, -0.05) is 0 Å². The zero-order valence-electron chi connectivity index (χ0n) is 14.1. The Morgan fingerprint density at radius 1 is 0.958 bits per heavy atom. The Balaban J connectivity index is 1.59. The van der Waals surface area contributed by atoms with Crippen LogP contribution in [0.25, 0.3) is 0 Å². The van der Waals surface area contributed by atoms with Gasteiger partial charge in [0.2, 0.25) is 0 Å². The molecule has 0 aromatic heterocycles. The molecule has 2 aromatic rings. The first-order valence-electron chi connectivity index (χ1n) is 8.94. The summed E-state index contributed by atoms with van der Waals surface area (Å²) in [7, 11) is -0.375. The Kier molecular flexibility index (Phi) is 7.28. The van der Waals surface area contributed by atoms with Gasteiger partial charge in [-0.3, -0.25) is 0 Å². The average Bonchev–Trinajstić information content (AvgIpc) is 2.64. The van der Waals surface area contributed by atoms with Crippen molar-refractivity contribution in [2.75, 3.05) is 12.8 Å². The van der Waals surface area contributed by atoms with Gasteiger partial charge in [-0.2, -0.15) is 0 Å². The van der Waals surface area contributed by atoms with Crippen molar-refractivity contribution >= 4 is 28.1 Å². The van der Waals surface area contributed by atoms with Crippen LogP contribution in [0.4, 0.5) is 0 Å². The molecule has 131 valence electrons. The number of benzene rings is 2. The van der Waals surface area contributed by atoms with Crippen molar-refractivity contribution in [1.82, 2.24) is 0 Å². The minimum absolute atomic E-state index is 0.158. The van der Waals surface area contributed by atoms with E-state index in [1.54, 1.807) is 0 Å². The summed E-state index contributed by atoms with van der Waals surface area (Å²) in [5.41, 5.74) is 0. The van der Waals surface area contributed by atoms with Gasteiger partial charge >= 0.3 is 161 Å². The Hall–Kier alpha value is -0.265. The number of ether oxygens (including phenoxy) is 1. The molecule has 0 amide bonds. The summed E-state index contributed by atoms with van der Waals surface area (Å²) in [6.45, 7) is 0.983. The van der Waals surface area contributed by atoms with E-state index in [4.69, 9.17) is 4.74 Å². The standard InChI is InChI=1S/C20H26OPSi.Pt/c1-3-10-18(11-4-1)22(19-12-5-2-6-13-19)16-9-17-23-20-14-7-8-15-21-20;/h1-6,10-13H,7-9,14-17,23H2;. The zero-order valence-corrected chi connectivity index (χ0v) is 18.7. The second kappa shape index (κ2) is 9.44. The van der Waals surface area contributed by atoms with E-state index < -0.39 is 0 Å². The van der Waals surface area contributed by atoms with Gasteiger partial charge in [0.15, 0.2) is 0 Å². The van der Waals surface area contributed by atoms with Crippen LogP contribution in [0.15, 0.2) is 60.7 Å². The van der Waals surface area contributed by atoms with Crippen molar-refractivity contribution in [2.45, 2.75) is 35.3 Å². The third-order valence-corrected chi connectivity index (χ3v) is 11.9. The molecule has 1 atom stereocenters. The van der Waals surface area contributed by atoms with Gasteiger partial charge < -0.3 is 0 Å². The first kappa shape index (κ1) is 18.5. The number of hydrogen-bond acceptors (Lipinski definition) is 1. The van der Waals surface area contributed by atoms with Crippen molar-refractivity contribution in [1.29, 1.82) is 0 Å². The molecule has 1 nitrogen and oxygen atoms in total. The molecular weight excluding hydrogens is 510 g/mol. The van der Waals surface area contributed by atoms with Crippen LogP contribution >= 0.6 is 7.92 Å². The summed E-state index contributed by atoms with van der Waals surface area (Å²) in [6, 6.07) is 23.6. The number of rotatable bonds is 7. The summed E-state index contributed by atoms with van der Waals surface area (Å²) < 4.78 is 6.35. The van der Waals surface area contributed by atoms with E-state index in [-0.39, 0.29) is 21.1 Å². The van der Waals surface area contributed by atoms with E-state index in [0.29, 0.717) is 0 Å². The molecule has 0 spiro atoms. The van der Waals surface area contributed by atoms with E-state index in [2.05, 4.69) is 80.5 Å². The second-order valence-corrected chi connectivity index (χ2v) is 14.6. The van der Waals surface area contributed by atoms with E-state index in [0.717, 1.165) is 6.61 Å². The fourth-order valence-corrected chi connectivity index (χ4v) is 9.74. The molecule has 1 unspecified atom stereocenters. The first-order valence-corrected chi connectivity index (χ1v) is 13.3.